The molecule has 1 heterocycles. The molecule has 0 radical (unpaired) electrons. The first-order valence-corrected chi connectivity index (χ1v) is 9.95. The Kier molecular flexibility index (Phi) is 6.53. The van der Waals surface area contributed by atoms with Crippen LogP contribution in [0.3, 0.4) is 0 Å². The number of nitrogens with one attached hydrogen (secondary N) is 1. The maximum atomic E-state index is 13.1. The highest BCUT2D eigenvalue weighted by Gasteiger charge is 2.24. The molecular weight excluding hydrogens is 372 g/mol. The highest BCUT2D eigenvalue weighted by molar-refractivity contribution is 6.30. The van der Waals surface area contributed by atoms with E-state index in [1.807, 2.05) is 36.1 Å². The molecular formula is C23H25ClN2O2. The largest absolute Gasteiger partial charge is 0.337 e. The normalized spacial score (nSPS) is 15.4. The molecule has 2 aromatic rings. The molecule has 1 saturated heterocycles. The molecule has 0 unspecified atom stereocenters. The Morgan fingerprint density at radius 2 is 1.64 bits per heavy atom. The first kappa shape index (κ1) is 20.2. The van der Waals surface area contributed by atoms with Crippen LogP contribution in [0.4, 0.5) is 0 Å². The van der Waals surface area contributed by atoms with Crippen molar-refractivity contribution in [3.63, 3.8) is 0 Å². The van der Waals surface area contributed by atoms with Gasteiger partial charge in [0.05, 0.1) is 0 Å². The van der Waals surface area contributed by atoms with Crippen LogP contribution in [0, 0.1) is 12.8 Å². The lowest BCUT2D eigenvalue weighted by Crippen LogP contribution is -2.42. The van der Waals surface area contributed by atoms with Gasteiger partial charge in [0.15, 0.2) is 0 Å². The zero-order chi connectivity index (χ0) is 20.1. The van der Waals surface area contributed by atoms with Crippen LogP contribution < -0.4 is 5.32 Å². The van der Waals surface area contributed by atoms with Gasteiger partial charge in [0.25, 0.3) is 11.8 Å². The summed E-state index contributed by atoms with van der Waals surface area (Å²) in [5.41, 5.74) is 2.68. The highest BCUT2D eigenvalue weighted by atomic mass is 35.5. The predicted octanol–water partition coefficient (Wildman–Crippen LogP) is 4.68. The van der Waals surface area contributed by atoms with Crippen molar-refractivity contribution in [2.45, 2.75) is 26.7 Å². The van der Waals surface area contributed by atoms with Gasteiger partial charge in [-0.25, -0.2) is 0 Å². The number of benzene rings is 2. The van der Waals surface area contributed by atoms with Gasteiger partial charge in [-0.3, -0.25) is 9.59 Å². The Labute approximate surface area is 171 Å². The van der Waals surface area contributed by atoms with Gasteiger partial charge in [-0.15, -0.1) is 0 Å². The molecule has 3 rings (SSSR count). The Balaban J connectivity index is 1.85. The van der Waals surface area contributed by atoms with E-state index in [0.717, 1.165) is 24.0 Å². The van der Waals surface area contributed by atoms with Crippen LogP contribution in [0.25, 0.3) is 6.08 Å². The molecule has 1 N–H and O–H groups in total. The van der Waals surface area contributed by atoms with Gasteiger partial charge in [-0.2, -0.15) is 0 Å². The Bertz CT molecular complexity index is 864. The summed E-state index contributed by atoms with van der Waals surface area (Å²) >= 11 is 5.96. The van der Waals surface area contributed by atoms with E-state index in [1.54, 1.807) is 30.3 Å². The second-order valence-electron chi connectivity index (χ2n) is 7.40. The molecule has 0 atom stereocenters. The summed E-state index contributed by atoms with van der Waals surface area (Å²) in [6.45, 7) is 5.58. The number of hydrogen-bond acceptors (Lipinski definition) is 2. The molecule has 146 valence electrons. The standard InChI is InChI=1S/C23H25ClN2O2/c1-16-3-7-19(8-4-16)22(27)25-21(15-18-5-9-20(24)10-6-18)23(28)26-13-11-17(2)12-14-26/h3-10,15,17H,11-14H2,1-2H3,(H,25,27)/b21-15+. The monoisotopic (exact) mass is 396 g/mol. The minimum Gasteiger partial charge on any atom is -0.337 e. The summed E-state index contributed by atoms with van der Waals surface area (Å²) in [5.74, 6) is 0.177. The minimum absolute atomic E-state index is 0.151. The molecule has 0 spiro atoms. The Hall–Kier alpha value is -2.59. The lowest BCUT2D eigenvalue weighted by atomic mass is 9.99. The quantitative estimate of drug-likeness (QED) is 0.763. The molecule has 0 bridgehead atoms. The summed E-state index contributed by atoms with van der Waals surface area (Å²) in [6.07, 6.45) is 3.67. The Morgan fingerprint density at radius 1 is 1.04 bits per heavy atom. The van der Waals surface area contributed by atoms with Gasteiger partial charge in [-0.05, 0) is 61.6 Å². The minimum atomic E-state index is -0.293. The first-order chi connectivity index (χ1) is 13.4. The van der Waals surface area contributed by atoms with Crippen molar-refractivity contribution in [2.24, 2.45) is 5.92 Å². The fraction of sp³-hybridized carbons (Fsp3) is 0.304. The van der Waals surface area contributed by atoms with E-state index < -0.39 is 0 Å². The van der Waals surface area contributed by atoms with E-state index in [2.05, 4.69) is 12.2 Å². The molecule has 1 aliphatic heterocycles. The summed E-state index contributed by atoms with van der Waals surface area (Å²) in [4.78, 5) is 27.6. The van der Waals surface area contributed by atoms with Crippen LogP contribution in [0.2, 0.25) is 5.02 Å². The number of halogens is 1. The number of nitrogens with zero attached hydrogens (tertiary/aromatic N) is 1. The van der Waals surface area contributed by atoms with E-state index in [4.69, 9.17) is 11.6 Å². The van der Waals surface area contributed by atoms with Crippen molar-refractivity contribution in [3.05, 3.63) is 75.9 Å². The van der Waals surface area contributed by atoms with E-state index in [9.17, 15) is 9.59 Å². The van der Waals surface area contributed by atoms with Crippen LogP contribution in [-0.4, -0.2) is 29.8 Å². The van der Waals surface area contributed by atoms with Crippen LogP contribution in [0.5, 0.6) is 0 Å². The van der Waals surface area contributed by atoms with Crippen LogP contribution >= 0.6 is 11.6 Å². The number of carbonyl (C=O) groups is 2. The van der Waals surface area contributed by atoms with Gasteiger partial charge in [0.1, 0.15) is 5.70 Å². The number of amides is 2. The molecule has 2 aromatic carbocycles. The van der Waals surface area contributed by atoms with Crippen LogP contribution in [-0.2, 0) is 4.79 Å². The SMILES string of the molecule is Cc1ccc(C(=O)N/C(=C/c2ccc(Cl)cc2)C(=O)N2CCC(C)CC2)cc1. The zero-order valence-corrected chi connectivity index (χ0v) is 17.0. The summed E-state index contributed by atoms with van der Waals surface area (Å²) in [5, 5.41) is 3.45. The third kappa shape index (κ3) is 5.23. The molecule has 0 aromatic heterocycles. The highest BCUT2D eigenvalue weighted by Crippen LogP contribution is 2.19. The van der Waals surface area contributed by atoms with Crippen LogP contribution in [0.15, 0.2) is 54.2 Å². The van der Waals surface area contributed by atoms with Crippen LogP contribution in [0.1, 0.15) is 41.3 Å². The molecule has 0 saturated carbocycles. The van der Waals surface area contributed by atoms with E-state index in [0.29, 0.717) is 29.6 Å². The van der Waals surface area contributed by atoms with Gasteiger partial charge in [0, 0.05) is 23.7 Å². The average molecular weight is 397 g/mol. The predicted molar refractivity (Wildman–Crippen MR) is 113 cm³/mol. The van der Waals surface area contributed by atoms with E-state index >= 15 is 0 Å². The van der Waals surface area contributed by atoms with Gasteiger partial charge in [0.2, 0.25) is 0 Å². The number of aryl methyl sites for hydroxylation is 1. The second kappa shape index (κ2) is 9.07. The fourth-order valence-electron chi connectivity index (χ4n) is 3.16. The second-order valence-corrected chi connectivity index (χ2v) is 7.84. The maximum absolute atomic E-state index is 13.1. The average Bonchev–Trinajstić information content (AvgIpc) is 2.69. The molecule has 2 amide bonds. The molecule has 1 aliphatic rings. The lowest BCUT2D eigenvalue weighted by molar-refractivity contribution is -0.128. The first-order valence-electron chi connectivity index (χ1n) is 9.57. The third-order valence-corrected chi connectivity index (χ3v) is 5.30. The lowest BCUT2D eigenvalue weighted by Gasteiger charge is -2.31. The summed E-state index contributed by atoms with van der Waals surface area (Å²) < 4.78 is 0. The molecule has 5 heteroatoms. The zero-order valence-electron chi connectivity index (χ0n) is 16.2. The van der Waals surface area contributed by atoms with E-state index in [-0.39, 0.29) is 17.5 Å². The number of carbonyl (C=O) groups excluding carboxylic acids is 2. The van der Waals surface area contributed by atoms with Crippen molar-refractivity contribution in [3.8, 4) is 0 Å². The number of likely N-dealkylation sites (tertiary alicyclic amines) is 1. The third-order valence-electron chi connectivity index (χ3n) is 5.04. The summed E-state index contributed by atoms with van der Waals surface area (Å²) in [6, 6.07) is 14.5. The Morgan fingerprint density at radius 3 is 2.25 bits per heavy atom. The van der Waals surface area contributed by atoms with Crippen molar-refractivity contribution in [2.75, 3.05) is 13.1 Å². The van der Waals surface area contributed by atoms with Crippen molar-refractivity contribution < 1.29 is 9.59 Å². The van der Waals surface area contributed by atoms with Gasteiger partial charge < -0.3 is 10.2 Å². The molecule has 28 heavy (non-hydrogen) atoms. The number of rotatable bonds is 4. The van der Waals surface area contributed by atoms with Crippen molar-refractivity contribution in [1.82, 2.24) is 10.2 Å². The smallest absolute Gasteiger partial charge is 0.270 e. The molecule has 1 fully saturated rings. The summed E-state index contributed by atoms with van der Waals surface area (Å²) in [7, 11) is 0. The number of piperidine rings is 1. The topological polar surface area (TPSA) is 49.4 Å². The fourth-order valence-corrected chi connectivity index (χ4v) is 3.28. The molecule has 4 nitrogen and oxygen atoms in total. The van der Waals surface area contributed by atoms with Gasteiger partial charge in [-0.1, -0.05) is 48.4 Å². The molecule has 0 aliphatic carbocycles. The van der Waals surface area contributed by atoms with Gasteiger partial charge >= 0.3 is 0 Å². The van der Waals surface area contributed by atoms with E-state index in [1.165, 1.54) is 0 Å². The van der Waals surface area contributed by atoms with Crippen molar-refractivity contribution >= 4 is 29.5 Å². The number of hydrogen-bond donors (Lipinski definition) is 1. The maximum Gasteiger partial charge on any atom is 0.270 e. The van der Waals surface area contributed by atoms with Crippen molar-refractivity contribution in [1.29, 1.82) is 0 Å².